The lowest BCUT2D eigenvalue weighted by molar-refractivity contribution is 0.0460. The van der Waals surface area contributed by atoms with Gasteiger partial charge in [-0.1, -0.05) is 41.6 Å². The van der Waals surface area contributed by atoms with E-state index >= 15 is 0 Å². The number of aliphatic hydroxyl groups is 1. The molecule has 0 aromatic heterocycles. The van der Waals surface area contributed by atoms with E-state index in [9.17, 15) is 5.11 Å². The second kappa shape index (κ2) is 6.53. The van der Waals surface area contributed by atoms with Crippen molar-refractivity contribution in [3.05, 3.63) is 0 Å². The molecule has 0 atom stereocenters. The minimum Gasteiger partial charge on any atom is -0.395 e. The number of aliphatic hydroxyl groups excluding tert-OH is 1. The van der Waals surface area contributed by atoms with E-state index in [4.69, 9.17) is 0 Å². The van der Waals surface area contributed by atoms with Crippen LogP contribution in [0.1, 0.15) is 51.4 Å². The quantitative estimate of drug-likeness (QED) is 0.762. The summed E-state index contributed by atoms with van der Waals surface area (Å²) in [7, 11) is 0. The Balaban J connectivity index is 1.93. The fourth-order valence-corrected chi connectivity index (χ4v) is 4.08. The van der Waals surface area contributed by atoms with E-state index in [0.29, 0.717) is 12.0 Å². The van der Waals surface area contributed by atoms with E-state index < -0.39 is 0 Å². The first-order valence-electron chi connectivity index (χ1n) is 7.20. The van der Waals surface area contributed by atoms with Crippen molar-refractivity contribution >= 4 is 15.9 Å². The zero-order valence-corrected chi connectivity index (χ0v) is 12.4. The van der Waals surface area contributed by atoms with Crippen LogP contribution in [-0.4, -0.2) is 41.1 Å². The Labute approximate surface area is 114 Å². The van der Waals surface area contributed by atoms with Gasteiger partial charge in [-0.25, -0.2) is 0 Å². The van der Waals surface area contributed by atoms with Crippen LogP contribution < -0.4 is 0 Å². The summed E-state index contributed by atoms with van der Waals surface area (Å²) in [6, 6.07) is 0.764. The highest BCUT2D eigenvalue weighted by atomic mass is 79.9. The SMILES string of the molecule is OCCN(CC1(CBr)CCCCC1)C1CCC1. The second-order valence-corrected chi connectivity index (χ2v) is 6.53. The predicted molar refractivity (Wildman–Crippen MR) is 75.6 cm³/mol. The van der Waals surface area contributed by atoms with Gasteiger partial charge in [0.15, 0.2) is 0 Å². The Bertz CT molecular complexity index is 224. The molecule has 0 unspecified atom stereocenters. The van der Waals surface area contributed by atoms with Crippen LogP contribution in [-0.2, 0) is 0 Å². The Morgan fingerprint density at radius 3 is 2.29 bits per heavy atom. The number of hydrogen-bond acceptors (Lipinski definition) is 2. The Morgan fingerprint density at radius 2 is 1.82 bits per heavy atom. The van der Waals surface area contributed by atoms with Crippen molar-refractivity contribution in [3.63, 3.8) is 0 Å². The Morgan fingerprint density at radius 1 is 1.12 bits per heavy atom. The summed E-state index contributed by atoms with van der Waals surface area (Å²) in [6.45, 7) is 2.39. The monoisotopic (exact) mass is 303 g/mol. The van der Waals surface area contributed by atoms with Crippen molar-refractivity contribution in [2.45, 2.75) is 57.4 Å². The minimum atomic E-state index is 0.314. The van der Waals surface area contributed by atoms with Crippen LogP contribution in [0.15, 0.2) is 0 Å². The van der Waals surface area contributed by atoms with Gasteiger partial charge >= 0.3 is 0 Å². The average molecular weight is 304 g/mol. The summed E-state index contributed by atoms with van der Waals surface area (Å²) in [5.41, 5.74) is 0.489. The second-order valence-electron chi connectivity index (χ2n) is 5.97. The lowest BCUT2D eigenvalue weighted by Crippen LogP contribution is -2.48. The maximum atomic E-state index is 9.24. The predicted octanol–water partition coefficient (Wildman–Crippen LogP) is 3.18. The molecular formula is C14H26BrNO. The van der Waals surface area contributed by atoms with Crippen LogP contribution in [0.25, 0.3) is 0 Å². The largest absolute Gasteiger partial charge is 0.395 e. The molecule has 100 valence electrons. The Hall–Kier alpha value is 0.400. The number of alkyl halides is 1. The van der Waals surface area contributed by atoms with Crippen LogP contribution in [0.2, 0.25) is 0 Å². The minimum absolute atomic E-state index is 0.314. The van der Waals surface area contributed by atoms with Gasteiger partial charge in [0.2, 0.25) is 0 Å². The summed E-state index contributed by atoms with van der Waals surface area (Å²) < 4.78 is 0. The number of nitrogens with zero attached hydrogens (tertiary/aromatic N) is 1. The summed E-state index contributed by atoms with van der Waals surface area (Å²) in [4.78, 5) is 2.57. The van der Waals surface area contributed by atoms with Gasteiger partial charge in [-0.05, 0) is 31.1 Å². The van der Waals surface area contributed by atoms with Gasteiger partial charge in [0.1, 0.15) is 0 Å². The van der Waals surface area contributed by atoms with Crippen molar-refractivity contribution < 1.29 is 5.11 Å². The summed E-state index contributed by atoms with van der Waals surface area (Å²) >= 11 is 3.75. The van der Waals surface area contributed by atoms with Crippen molar-refractivity contribution in [1.29, 1.82) is 0 Å². The standard InChI is InChI=1S/C14H26BrNO/c15-11-14(7-2-1-3-8-14)12-16(9-10-17)13-5-4-6-13/h13,17H,1-12H2. The molecule has 0 spiro atoms. The van der Waals surface area contributed by atoms with Crippen LogP contribution in [0.4, 0.5) is 0 Å². The number of rotatable bonds is 6. The van der Waals surface area contributed by atoms with E-state index in [2.05, 4.69) is 20.8 Å². The fraction of sp³-hybridized carbons (Fsp3) is 1.00. The van der Waals surface area contributed by atoms with E-state index in [1.165, 1.54) is 57.9 Å². The average Bonchev–Trinajstić information content (AvgIpc) is 2.28. The maximum absolute atomic E-state index is 9.24. The summed E-state index contributed by atoms with van der Waals surface area (Å²) in [6.07, 6.45) is 11.0. The van der Waals surface area contributed by atoms with Crippen molar-refractivity contribution in [1.82, 2.24) is 4.90 Å². The molecule has 0 bridgehead atoms. The lowest BCUT2D eigenvalue weighted by Gasteiger charge is -2.45. The van der Waals surface area contributed by atoms with E-state index in [0.717, 1.165) is 17.9 Å². The molecule has 0 radical (unpaired) electrons. The first kappa shape index (κ1) is 13.8. The van der Waals surface area contributed by atoms with Gasteiger partial charge in [-0.3, -0.25) is 4.90 Å². The van der Waals surface area contributed by atoms with Gasteiger partial charge in [0, 0.05) is 24.5 Å². The van der Waals surface area contributed by atoms with Crippen molar-refractivity contribution in [3.8, 4) is 0 Å². The molecule has 3 heteroatoms. The highest BCUT2D eigenvalue weighted by molar-refractivity contribution is 9.09. The van der Waals surface area contributed by atoms with Crippen LogP contribution >= 0.6 is 15.9 Å². The molecule has 0 aliphatic heterocycles. The highest BCUT2D eigenvalue weighted by Gasteiger charge is 2.35. The smallest absolute Gasteiger partial charge is 0.0558 e. The van der Waals surface area contributed by atoms with Crippen LogP contribution in [0.5, 0.6) is 0 Å². The van der Waals surface area contributed by atoms with Crippen molar-refractivity contribution in [2.24, 2.45) is 5.41 Å². The topological polar surface area (TPSA) is 23.5 Å². The molecule has 0 heterocycles. The molecular weight excluding hydrogens is 278 g/mol. The van der Waals surface area contributed by atoms with Gasteiger partial charge in [0.05, 0.1) is 6.61 Å². The first-order valence-corrected chi connectivity index (χ1v) is 8.33. The zero-order chi connectivity index (χ0) is 12.1. The molecule has 2 nitrogen and oxygen atoms in total. The van der Waals surface area contributed by atoms with Crippen LogP contribution in [0.3, 0.4) is 0 Å². The molecule has 0 aromatic carbocycles. The van der Waals surface area contributed by atoms with Gasteiger partial charge in [-0.2, -0.15) is 0 Å². The van der Waals surface area contributed by atoms with E-state index in [1.807, 2.05) is 0 Å². The van der Waals surface area contributed by atoms with Crippen molar-refractivity contribution in [2.75, 3.05) is 25.0 Å². The molecule has 17 heavy (non-hydrogen) atoms. The van der Waals surface area contributed by atoms with Crippen LogP contribution in [0, 0.1) is 5.41 Å². The zero-order valence-electron chi connectivity index (χ0n) is 10.8. The molecule has 2 rings (SSSR count). The molecule has 2 fully saturated rings. The highest BCUT2D eigenvalue weighted by Crippen LogP contribution is 2.40. The maximum Gasteiger partial charge on any atom is 0.0558 e. The molecule has 2 aliphatic carbocycles. The van der Waals surface area contributed by atoms with E-state index in [1.54, 1.807) is 0 Å². The number of halogens is 1. The molecule has 0 aromatic rings. The first-order chi connectivity index (χ1) is 8.29. The fourth-order valence-electron chi connectivity index (χ4n) is 3.34. The van der Waals surface area contributed by atoms with E-state index in [-0.39, 0.29) is 0 Å². The number of hydrogen-bond donors (Lipinski definition) is 1. The lowest BCUT2D eigenvalue weighted by atomic mass is 9.74. The summed E-state index contributed by atoms with van der Waals surface area (Å²) in [5, 5.41) is 10.4. The third-order valence-corrected chi connectivity index (χ3v) is 5.90. The normalized spacial score (nSPS) is 24.9. The van der Waals surface area contributed by atoms with Gasteiger partial charge in [0.25, 0.3) is 0 Å². The third-order valence-electron chi connectivity index (χ3n) is 4.71. The third kappa shape index (κ3) is 3.45. The Kier molecular flexibility index (Phi) is 5.31. The van der Waals surface area contributed by atoms with Gasteiger partial charge < -0.3 is 5.11 Å². The summed E-state index contributed by atoms with van der Waals surface area (Å²) in [5.74, 6) is 0. The molecule has 0 amide bonds. The molecule has 0 saturated heterocycles. The molecule has 2 saturated carbocycles. The molecule has 1 N–H and O–H groups in total. The van der Waals surface area contributed by atoms with Gasteiger partial charge in [-0.15, -0.1) is 0 Å². The molecule has 2 aliphatic rings.